The van der Waals surface area contributed by atoms with Crippen molar-refractivity contribution in [1.82, 2.24) is 25.0 Å². The molecule has 38 heavy (non-hydrogen) atoms. The van der Waals surface area contributed by atoms with Crippen molar-refractivity contribution in [1.29, 1.82) is 0 Å². The molecular weight excluding hydrogens is 502 g/mol. The van der Waals surface area contributed by atoms with E-state index in [1.807, 2.05) is 0 Å². The van der Waals surface area contributed by atoms with Gasteiger partial charge in [0, 0.05) is 71.2 Å². The largest absolute Gasteiger partial charge is 0.480 e. The quantitative estimate of drug-likeness (QED) is 0.270. The molecule has 4 atom stereocenters. The molecule has 4 N–H and O–H groups in total. The van der Waals surface area contributed by atoms with Crippen LogP contribution in [0.5, 0.6) is 0 Å². The number of nitrogens with one attached hydrogen (secondary N) is 2. The number of amides is 4. The molecule has 0 unspecified atom stereocenters. The van der Waals surface area contributed by atoms with Crippen molar-refractivity contribution in [2.24, 2.45) is 7.05 Å². The number of aliphatic carboxylic acids is 2. The zero-order valence-electron chi connectivity index (χ0n) is 21.3. The van der Waals surface area contributed by atoms with E-state index in [0.29, 0.717) is 5.69 Å². The lowest BCUT2D eigenvalue weighted by Crippen LogP contribution is -2.42. The van der Waals surface area contributed by atoms with Gasteiger partial charge in [-0.15, -0.1) is 0 Å². The molecule has 3 heterocycles. The monoisotopic (exact) mass is 535 g/mol. The van der Waals surface area contributed by atoms with Crippen LogP contribution >= 0.6 is 0 Å². The molecule has 4 amide bonds. The van der Waals surface area contributed by atoms with Crippen molar-refractivity contribution < 1.29 is 43.7 Å². The van der Waals surface area contributed by atoms with E-state index < -0.39 is 53.8 Å². The molecule has 2 saturated heterocycles. The highest BCUT2D eigenvalue weighted by atomic mass is 16.5. The first kappa shape index (κ1) is 28.6. The van der Waals surface area contributed by atoms with Crippen LogP contribution in [0.2, 0.25) is 0 Å². The second-order valence-electron chi connectivity index (χ2n) is 9.50. The molecule has 1 aromatic rings. The second-order valence-corrected chi connectivity index (χ2v) is 9.50. The first-order chi connectivity index (χ1) is 18.0. The van der Waals surface area contributed by atoms with E-state index in [1.54, 1.807) is 29.9 Å². The molecule has 0 aliphatic carbocycles. The summed E-state index contributed by atoms with van der Waals surface area (Å²) in [6.45, 7) is -0.139. The van der Waals surface area contributed by atoms with Gasteiger partial charge in [0.15, 0.2) is 0 Å². The van der Waals surface area contributed by atoms with Crippen molar-refractivity contribution in [3.63, 3.8) is 0 Å². The Morgan fingerprint density at radius 1 is 0.921 bits per heavy atom. The number of ether oxygens (including phenoxy) is 1. The molecule has 208 valence electrons. The summed E-state index contributed by atoms with van der Waals surface area (Å²) >= 11 is 0. The highest BCUT2D eigenvalue weighted by Gasteiger charge is 2.41. The van der Waals surface area contributed by atoms with Crippen LogP contribution in [0, 0.1) is 0 Å². The van der Waals surface area contributed by atoms with E-state index in [4.69, 9.17) is 4.74 Å². The van der Waals surface area contributed by atoms with Crippen LogP contribution in [0.25, 0.3) is 0 Å². The van der Waals surface area contributed by atoms with Gasteiger partial charge in [0.05, 0.1) is 0 Å². The maximum Gasteiger partial charge on any atom is 0.326 e. The zero-order valence-corrected chi connectivity index (χ0v) is 21.3. The normalized spacial score (nSPS) is 22.8. The Bertz CT molecular complexity index is 1090. The molecule has 0 saturated carbocycles. The molecule has 0 bridgehead atoms. The van der Waals surface area contributed by atoms with Gasteiger partial charge in [-0.25, -0.2) is 9.59 Å². The number of aromatic nitrogens is 1. The van der Waals surface area contributed by atoms with Gasteiger partial charge in [0.25, 0.3) is 5.91 Å². The lowest BCUT2D eigenvalue weighted by Gasteiger charge is -2.23. The smallest absolute Gasteiger partial charge is 0.326 e. The molecule has 2 fully saturated rings. The first-order valence-electron chi connectivity index (χ1n) is 12.3. The average molecular weight is 536 g/mol. The van der Waals surface area contributed by atoms with Gasteiger partial charge in [-0.1, -0.05) is 0 Å². The zero-order chi connectivity index (χ0) is 28.0. The third kappa shape index (κ3) is 6.88. The van der Waals surface area contributed by atoms with Crippen LogP contribution in [0.1, 0.15) is 42.6 Å². The van der Waals surface area contributed by atoms with Crippen molar-refractivity contribution in [3.8, 4) is 0 Å². The minimum Gasteiger partial charge on any atom is -0.480 e. The molecule has 2 aliphatic rings. The number of aryl methyl sites for hydroxylation is 1. The van der Waals surface area contributed by atoms with E-state index in [2.05, 4.69) is 10.6 Å². The highest BCUT2D eigenvalue weighted by molar-refractivity contribution is 5.93. The van der Waals surface area contributed by atoms with Gasteiger partial charge in [-0.05, 0) is 18.6 Å². The predicted octanol–water partition coefficient (Wildman–Crippen LogP) is -1.20. The Balaban J connectivity index is 1.52. The van der Waals surface area contributed by atoms with E-state index in [1.165, 1.54) is 16.9 Å². The fraction of sp³-hybridized carbons (Fsp3) is 0.583. The number of carboxylic acid groups (broad SMARTS) is 2. The SMILES string of the molecule is COCC(=O)N[C@H]1C[C@@H](C(=O)O)N(C(=O)CCCC(=O)N2C[C@@H](NC(=O)c3cccn3C)C[C@H]2C(=O)O)C1. The van der Waals surface area contributed by atoms with Crippen LogP contribution in [0.15, 0.2) is 18.3 Å². The summed E-state index contributed by atoms with van der Waals surface area (Å²) < 4.78 is 6.38. The van der Waals surface area contributed by atoms with Crippen molar-refractivity contribution >= 4 is 35.6 Å². The standard InChI is InChI=1S/C24H33N5O9/c1-27-8-4-5-16(27)22(33)26-15-10-18(24(36)37)29(12-15)21(32)7-3-6-20(31)28-11-14(9-17(28)23(34)35)25-19(30)13-38-2/h4-5,8,14-15,17-18H,3,6-7,9-13H2,1-2H3,(H,25,30)(H,26,33)(H,34,35)(H,36,37)/t14-,15-,17-,18-/m0/s1. The van der Waals surface area contributed by atoms with Gasteiger partial charge in [0.2, 0.25) is 17.7 Å². The Hall–Kier alpha value is -3.94. The van der Waals surface area contributed by atoms with Crippen LogP contribution < -0.4 is 10.6 Å². The van der Waals surface area contributed by atoms with Crippen LogP contribution in [0.3, 0.4) is 0 Å². The predicted molar refractivity (Wildman–Crippen MR) is 130 cm³/mol. The third-order valence-corrected chi connectivity index (χ3v) is 6.75. The number of carbonyl (C=O) groups is 6. The Labute approximate surface area is 218 Å². The summed E-state index contributed by atoms with van der Waals surface area (Å²) in [7, 11) is 3.06. The first-order valence-corrected chi connectivity index (χ1v) is 12.3. The molecule has 3 rings (SSSR count). The van der Waals surface area contributed by atoms with E-state index in [-0.39, 0.29) is 57.7 Å². The van der Waals surface area contributed by atoms with Crippen molar-refractivity contribution in [2.45, 2.75) is 56.3 Å². The molecule has 14 nitrogen and oxygen atoms in total. The maximum absolute atomic E-state index is 12.9. The van der Waals surface area contributed by atoms with Gasteiger partial charge >= 0.3 is 11.9 Å². The maximum atomic E-state index is 12.9. The third-order valence-electron chi connectivity index (χ3n) is 6.75. The molecule has 0 radical (unpaired) electrons. The minimum atomic E-state index is -1.19. The number of nitrogens with zero attached hydrogens (tertiary/aromatic N) is 3. The van der Waals surface area contributed by atoms with E-state index in [0.717, 1.165) is 0 Å². The van der Waals surface area contributed by atoms with Gasteiger partial charge in [-0.2, -0.15) is 0 Å². The number of rotatable bonds is 11. The summed E-state index contributed by atoms with van der Waals surface area (Å²) in [4.78, 5) is 75.7. The number of carboxylic acids is 2. The number of methoxy groups -OCH3 is 1. The van der Waals surface area contributed by atoms with Crippen molar-refractivity contribution in [2.75, 3.05) is 26.8 Å². The summed E-state index contributed by atoms with van der Waals surface area (Å²) in [6, 6.07) is 0.0458. The number of carbonyl (C=O) groups excluding carboxylic acids is 4. The topological polar surface area (TPSA) is 188 Å². The summed E-state index contributed by atoms with van der Waals surface area (Å²) in [5.74, 6) is -4.12. The molecule has 2 aliphatic heterocycles. The molecule has 0 aromatic carbocycles. The van der Waals surface area contributed by atoms with Crippen LogP contribution in [-0.4, -0.2) is 111 Å². The Morgan fingerprint density at radius 2 is 1.45 bits per heavy atom. The summed E-state index contributed by atoms with van der Waals surface area (Å²) in [6.07, 6.45) is 1.67. The number of hydrogen-bond acceptors (Lipinski definition) is 7. The van der Waals surface area contributed by atoms with Gasteiger partial charge in [0.1, 0.15) is 24.4 Å². The minimum absolute atomic E-state index is 0.0228. The number of hydrogen-bond donors (Lipinski definition) is 4. The van der Waals surface area contributed by atoms with Crippen LogP contribution in [-0.2, 0) is 35.8 Å². The fourth-order valence-corrected chi connectivity index (χ4v) is 4.94. The van der Waals surface area contributed by atoms with Gasteiger partial charge < -0.3 is 40.0 Å². The molecule has 1 aromatic heterocycles. The van der Waals surface area contributed by atoms with E-state index >= 15 is 0 Å². The summed E-state index contributed by atoms with van der Waals surface area (Å²) in [5, 5.41) is 24.5. The lowest BCUT2D eigenvalue weighted by atomic mass is 10.1. The lowest BCUT2D eigenvalue weighted by molar-refractivity contribution is -0.149. The Kier molecular flexibility index (Phi) is 9.45. The van der Waals surface area contributed by atoms with Crippen LogP contribution in [0.4, 0.5) is 0 Å². The highest BCUT2D eigenvalue weighted by Crippen LogP contribution is 2.23. The molecule has 0 spiro atoms. The van der Waals surface area contributed by atoms with Gasteiger partial charge in [-0.3, -0.25) is 19.2 Å². The van der Waals surface area contributed by atoms with E-state index in [9.17, 15) is 39.0 Å². The fourth-order valence-electron chi connectivity index (χ4n) is 4.94. The summed E-state index contributed by atoms with van der Waals surface area (Å²) in [5.41, 5.74) is 0.405. The average Bonchev–Trinajstić information content (AvgIpc) is 3.57. The second kappa shape index (κ2) is 12.5. The van der Waals surface area contributed by atoms with Crippen molar-refractivity contribution in [3.05, 3.63) is 24.0 Å². The molecular formula is C24H33N5O9. The molecule has 14 heteroatoms. The Morgan fingerprint density at radius 3 is 1.89 bits per heavy atom. The number of likely N-dealkylation sites (tertiary alicyclic amines) is 2.